The monoisotopic (exact) mass is 224 g/mol. The lowest BCUT2D eigenvalue weighted by atomic mass is 10.3. The van der Waals surface area contributed by atoms with Crippen LogP contribution in [-0.2, 0) is 17.9 Å². The number of hydrogen-bond donors (Lipinski definition) is 2. The second kappa shape index (κ2) is 7.00. The van der Waals surface area contributed by atoms with Gasteiger partial charge in [-0.1, -0.05) is 6.92 Å². The zero-order chi connectivity index (χ0) is 11.8. The normalized spacial score (nSPS) is 10.6. The fourth-order valence-electron chi connectivity index (χ4n) is 1.54. The van der Waals surface area contributed by atoms with Crippen molar-refractivity contribution in [2.75, 3.05) is 6.54 Å². The standard InChI is InChI=1S/C11H20N4O/c1-2-7-15-8-6-14-11(15)9-13-5-3-4-10(12)16/h6,8,13H,2-5,7,9H2,1H3,(H2,12,16). The molecule has 1 aromatic heterocycles. The first kappa shape index (κ1) is 12.7. The average Bonchev–Trinajstić information content (AvgIpc) is 2.65. The Morgan fingerprint density at radius 1 is 1.62 bits per heavy atom. The summed E-state index contributed by atoms with van der Waals surface area (Å²) in [7, 11) is 0. The van der Waals surface area contributed by atoms with Gasteiger partial charge < -0.3 is 15.6 Å². The molecule has 3 N–H and O–H groups in total. The van der Waals surface area contributed by atoms with Crippen molar-refractivity contribution in [3.63, 3.8) is 0 Å². The maximum atomic E-state index is 10.5. The van der Waals surface area contributed by atoms with E-state index in [4.69, 9.17) is 5.73 Å². The molecule has 0 fully saturated rings. The van der Waals surface area contributed by atoms with E-state index < -0.39 is 0 Å². The van der Waals surface area contributed by atoms with E-state index in [1.54, 1.807) is 0 Å². The molecule has 1 aromatic rings. The van der Waals surface area contributed by atoms with Crippen LogP contribution >= 0.6 is 0 Å². The van der Waals surface area contributed by atoms with Crippen LogP contribution in [0.1, 0.15) is 32.0 Å². The third-order valence-corrected chi connectivity index (χ3v) is 2.33. The van der Waals surface area contributed by atoms with Crippen molar-refractivity contribution < 1.29 is 4.79 Å². The Labute approximate surface area is 96.0 Å². The number of carbonyl (C=O) groups excluding carboxylic acids is 1. The van der Waals surface area contributed by atoms with Crippen molar-refractivity contribution in [1.82, 2.24) is 14.9 Å². The average molecular weight is 224 g/mol. The molecule has 0 spiro atoms. The van der Waals surface area contributed by atoms with Crippen LogP contribution in [0.4, 0.5) is 0 Å². The summed E-state index contributed by atoms with van der Waals surface area (Å²) < 4.78 is 2.14. The smallest absolute Gasteiger partial charge is 0.217 e. The largest absolute Gasteiger partial charge is 0.370 e. The molecule has 0 bridgehead atoms. The van der Waals surface area contributed by atoms with Crippen LogP contribution < -0.4 is 11.1 Å². The number of carbonyl (C=O) groups is 1. The Morgan fingerprint density at radius 2 is 2.44 bits per heavy atom. The Balaban J connectivity index is 2.21. The molecule has 90 valence electrons. The Hall–Kier alpha value is -1.36. The first-order chi connectivity index (χ1) is 7.74. The van der Waals surface area contributed by atoms with E-state index in [9.17, 15) is 4.79 Å². The van der Waals surface area contributed by atoms with Gasteiger partial charge in [0.05, 0.1) is 6.54 Å². The van der Waals surface area contributed by atoms with Gasteiger partial charge in [-0.05, 0) is 19.4 Å². The van der Waals surface area contributed by atoms with Gasteiger partial charge in [-0.15, -0.1) is 0 Å². The first-order valence-electron chi connectivity index (χ1n) is 5.73. The molecular formula is C11H20N4O. The molecule has 5 heteroatoms. The number of aryl methyl sites for hydroxylation is 1. The number of primary amides is 1. The van der Waals surface area contributed by atoms with Crippen LogP contribution in [0.25, 0.3) is 0 Å². The lowest BCUT2D eigenvalue weighted by Gasteiger charge is -2.07. The summed E-state index contributed by atoms with van der Waals surface area (Å²) in [5.41, 5.74) is 5.05. The van der Waals surface area contributed by atoms with Crippen molar-refractivity contribution in [1.29, 1.82) is 0 Å². The second-order valence-electron chi connectivity index (χ2n) is 3.78. The molecule has 0 unspecified atom stereocenters. The molecule has 5 nitrogen and oxygen atoms in total. The van der Waals surface area contributed by atoms with Crippen molar-refractivity contribution >= 4 is 5.91 Å². The van der Waals surface area contributed by atoms with Crippen LogP contribution in [0.5, 0.6) is 0 Å². The van der Waals surface area contributed by atoms with Gasteiger partial charge in [0, 0.05) is 25.4 Å². The second-order valence-corrected chi connectivity index (χ2v) is 3.78. The minimum absolute atomic E-state index is 0.241. The third-order valence-electron chi connectivity index (χ3n) is 2.33. The summed E-state index contributed by atoms with van der Waals surface area (Å²) >= 11 is 0. The molecular weight excluding hydrogens is 204 g/mol. The number of nitrogens with two attached hydrogens (primary N) is 1. The Kier molecular flexibility index (Phi) is 5.56. The molecule has 0 aliphatic carbocycles. The minimum Gasteiger partial charge on any atom is -0.370 e. The minimum atomic E-state index is -0.241. The van der Waals surface area contributed by atoms with Gasteiger partial charge in [-0.2, -0.15) is 0 Å². The molecule has 0 aliphatic rings. The van der Waals surface area contributed by atoms with Crippen molar-refractivity contribution in [3.8, 4) is 0 Å². The molecule has 0 aliphatic heterocycles. The number of imidazole rings is 1. The van der Waals surface area contributed by atoms with Crippen molar-refractivity contribution in [2.45, 2.75) is 39.3 Å². The molecule has 1 amide bonds. The number of rotatable bonds is 8. The zero-order valence-electron chi connectivity index (χ0n) is 9.78. The molecule has 0 saturated heterocycles. The van der Waals surface area contributed by atoms with Crippen LogP contribution in [-0.4, -0.2) is 22.0 Å². The Morgan fingerprint density at radius 3 is 3.12 bits per heavy atom. The topological polar surface area (TPSA) is 72.9 Å². The SMILES string of the molecule is CCCn1ccnc1CNCCCC(N)=O. The van der Waals surface area contributed by atoms with Gasteiger partial charge in [-0.3, -0.25) is 4.79 Å². The maximum Gasteiger partial charge on any atom is 0.217 e. The summed E-state index contributed by atoms with van der Waals surface area (Å²) in [6, 6.07) is 0. The summed E-state index contributed by atoms with van der Waals surface area (Å²) in [4.78, 5) is 14.8. The number of aromatic nitrogens is 2. The predicted octanol–water partition coefficient (Wildman–Crippen LogP) is 0.648. The third kappa shape index (κ3) is 4.44. The lowest BCUT2D eigenvalue weighted by Crippen LogP contribution is -2.20. The van der Waals surface area contributed by atoms with Crippen LogP contribution in [0.2, 0.25) is 0 Å². The van der Waals surface area contributed by atoms with E-state index in [2.05, 4.69) is 21.8 Å². The van der Waals surface area contributed by atoms with Gasteiger partial charge in [0.25, 0.3) is 0 Å². The number of amides is 1. The number of nitrogens with one attached hydrogen (secondary N) is 1. The van der Waals surface area contributed by atoms with Gasteiger partial charge in [0.15, 0.2) is 0 Å². The van der Waals surface area contributed by atoms with E-state index in [0.29, 0.717) is 6.42 Å². The molecule has 0 atom stereocenters. The predicted molar refractivity (Wildman–Crippen MR) is 62.7 cm³/mol. The van der Waals surface area contributed by atoms with Crippen molar-refractivity contribution in [2.24, 2.45) is 5.73 Å². The molecule has 16 heavy (non-hydrogen) atoms. The van der Waals surface area contributed by atoms with Gasteiger partial charge >= 0.3 is 0 Å². The lowest BCUT2D eigenvalue weighted by molar-refractivity contribution is -0.118. The Bertz CT molecular complexity index is 322. The molecule has 1 rings (SSSR count). The van der Waals surface area contributed by atoms with E-state index in [1.165, 1.54) is 0 Å². The summed E-state index contributed by atoms with van der Waals surface area (Å²) in [5, 5.41) is 3.25. The fourth-order valence-corrected chi connectivity index (χ4v) is 1.54. The highest BCUT2D eigenvalue weighted by molar-refractivity contribution is 5.73. The van der Waals surface area contributed by atoms with E-state index in [0.717, 1.165) is 38.3 Å². The highest BCUT2D eigenvalue weighted by atomic mass is 16.1. The van der Waals surface area contributed by atoms with Gasteiger partial charge in [0.1, 0.15) is 5.82 Å². The number of hydrogen-bond acceptors (Lipinski definition) is 3. The fraction of sp³-hybridized carbons (Fsp3) is 0.636. The van der Waals surface area contributed by atoms with Gasteiger partial charge in [-0.25, -0.2) is 4.98 Å². The highest BCUT2D eigenvalue weighted by Crippen LogP contribution is 1.99. The molecule has 0 aromatic carbocycles. The molecule has 0 radical (unpaired) electrons. The highest BCUT2D eigenvalue weighted by Gasteiger charge is 2.01. The van der Waals surface area contributed by atoms with Crippen LogP contribution in [0.15, 0.2) is 12.4 Å². The first-order valence-corrected chi connectivity index (χ1v) is 5.73. The van der Waals surface area contributed by atoms with E-state index in [-0.39, 0.29) is 5.91 Å². The summed E-state index contributed by atoms with van der Waals surface area (Å²) in [6.07, 6.45) is 6.13. The zero-order valence-corrected chi connectivity index (χ0v) is 9.78. The summed E-state index contributed by atoms with van der Waals surface area (Å²) in [5.74, 6) is 0.801. The molecule has 1 heterocycles. The number of nitrogens with zero attached hydrogens (tertiary/aromatic N) is 2. The van der Waals surface area contributed by atoms with E-state index >= 15 is 0 Å². The maximum absolute atomic E-state index is 10.5. The quantitative estimate of drug-likeness (QED) is 0.637. The van der Waals surface area contributed by atoms with Gasteiger partial charge in [0.2, 0.25) is 5.91 Å². The summed E-state index contributed by atoms with van der Waals surface area (Å²) in [6.45, 7) is 4.68. The van der Waals surface area contributed by atoms with Crippen LogP contribution in [0, 0.1) is 0 Å². The van der Waals surface area contributed by atoms with Crippen LogP contribution in [0.3, 0.4) is 0 Å². The van der Waals surface area contributed by atoms with Crippen molar-refractivity contribution in [3.05, 3.63) is 18.2 Å². The van der Waals surface area contributed by atoms with E-state index in [1.807, 2.05) is 12.4 Å². The molecule has 0 saturated carbocycles.